The minimum atomic E-state index is -4.45. The van der Waals surface area contributed by atoms with Crippen molar-refractivity contribution in [1.82, 2.24) is 0 Å². The Morgan fingerprint density at radius 2 is 1.62 bits per heavy atom. The molecule has 0 aromatic heterocycles. The molecule has 0 heterocycles. The highest BCUT2D eigenvalue weighted by Gasteiger charge is 2.32. The van der Waals surface area contributed by atoms with E-state index in [0.29, 0.717) is 0 Å². The van der Waals surface area contributed by atoms with Gasteiger partial charge in [-0.25, -0.2) is 4.39 Å². The maximum atomic E-state index is 12.9. The molecule has 0 N–H and O–H groups in total. The molecule has 1 unspecified atom stereocenters. The molecule has 1 aromatic carbocycles. The maximum absolute atomic E-state index is 12.9. The number of hydrogen-bond donors (Lipinski definition) is 0. The van der Waals surface area contributed by atoms with Crippen LogP contribution in [0.3, 0.4) is 0 Å². The number of rotatable bonds is 2. The fourth-order valence-corrected chi connectivity index (χ4v) is 0.983. The van der Waals surface area contributed by atoms with E-state index >= 15 is 0 Å². The van der Waals surface area contributed by atoms with Crippen LogP contribution in [0.5, 0.6) is 0 Å². The van der Waals surface area contributed by atoms with Crippen LogP contribution >= 0.6 is 0 Å². The van der Waals surface area contributed by atoms with E-state index in [1.807, 2.05) is 0 Å². The van der Waals surface area contributed by atoms with Crippen LogP contribution in [0.4, 0.5) is 17.6 Å². The van der Waals surface area contributed by atoms with Crippen molar-refractivity contribution >= 4 is 0 Å². The summed E-state index contributed by atoms with van der Waals surface area (Å²) < 4.78 is 48.2. The van der Waals surface area contributed by atoms with Gasteiger partial charge in [-0.15, -0.1) is 0 Å². The van der Waals surface area contributed by atoms with Crippen LogP contribution in [0.1, 0.15) is 18.2 Å². The predicted molar refractivity (Wildman–Crippen MR) is 41.0 cm³/mol. The summed E-state index contributed by atoms with van der Waals surface area (Å²) >= 11 is 0. The van der Waals surface area contributed by atoms with Crippen LogP contribution in [-0.2, 0) is 0 Å². The second kappa shape index (κ2) is 3.77. The van der Waals surface area contributed by atoms with E-state index in [0.717, 1.165) is 0 Å². The summed E-state index contributed by atoms with van der Waals surface area (Å²) in [6.45, 7) is 0. The molecule has 0 nitrogen and oxygen atoms in total. The SMILES string of the molecule is FC(CC(F)(F)F)c1ccccc1. The van der Waals surface area contributed by atoms with Gasteiger partial charge in [0.25, 0.3) is 0 Å². The smallest absolute Gasteiger partial charge is 0.242 e. The van der Waals surface area contributed by atoms with Crippen molar-refractivity contribution in [3.05, 3.63) is 35.9 Å². The summed E-state index contributed by atoms with van der Waals surface area (Å²) in [6.07, 6.45) is -7.83. The molecular weight excluding hydrogens is 184 g/mol. The zero-order valence-electron chi connectivity index (χ0n) is 6.68. The molecule has 0 bridgehead atoms. The lowest BCUT2D eigenvalue weighted by Crippen LogP contribution is -2.11. The van der Waals surface area contributed by atoms with Crippen LogP contribution in [0.15, 0.2) is 30.3 Å². The number of halogens is 4. The van der Waals surface area contributed by atoms with Crippen LogP contribution in [0.2, 0.25) is 0 Å². The average Bonchev–Trinajstić information content (AvgIpc) is 2.03. The Balaban J connectivity index is 2.64. The summed E-state index contributed by atoms with van der Waals surface area (Å²) in [5.41, 5.74) is 0.0693. The highest BCUT2D eigenvalue weighted by molar-refractivity contribution is 5.17. The maximum Gasteiger partial charge on any atom is 0.392 e. The lowest BCUT2D eigenvalue weighted by atomic mass is 10.1. The second-order valence-corrected chi connectivity index (χ2v) is 2.70. The molecule has 0 aliphatic rings. The van der Waals surface area contributed by atoms with Gasteiger partial charge in [-0.2, -0.15) is 13.2 Å². The lowest BCUT2D eigenvalue weighted by molar-refractivity contribution is -0.146. The molecule has 0 radical (unpaired) electrons. The highest BCUT2D eigenvalue weighted by atomic mass is 19.4. The molecule has 0 fully saturated rings. The molecule has 1 rings (SSSR count). The van der Waals surface area contributed by atoms with Crippen molar-refractivity contribution in [3.63, 3.8) is 0 Å². The van der Waals surface area contributed by atoms with Gasteiger partial charge in [0, 0.05) is 0 Å². The van der Waals surface area contributed by atoms with Crippen molar-refractivity contribution in [1.29, 1.82) is 0 Å². The zero-order chi connectivity index (χ0) is 9.90. The van der Waals surface area contributed by atoms with E-state index in [1.165, 1.54) is 24.3 Å². The van der Waals surface area contributed by atoms with Crippen molar-refractivity contribution in [2.24, 2.45) is 0 Å². The van der Waals surface area contributed by atoms with Gasteiger partial charge in [0.15, 0.2) is 0 Å². The van der Waals surface area contributed by atoms with Crippen molar-refractivity contribution in [2.75, 3.05) is 0 Å². The van der Waals surface area contributed by atoms with Gasteiger partial charge in [-0.1, -0.05) is 30.3 Å². The molecule has 0 saturated carbocycles. The standard InChI is InChI=1S/C9H8F4/c10-8(6-9(11,12)13)7-4-2-1-3-5-7/h1-5,8H,6H2. The third kappa shape index (κ3) is 3.44. The summed E-state index contributed by atoms with van der Waals surface area (Å²) in [4.78, 5) is 0. The van der Waals surface area contributed by atoms with Gasteiger partial charge in [0.2, 0.25) is 0 Å². The Hall–Kier alpha value is -1.06. The fourth-order valence-electron chi connectivity index (χ4n) is 0.983. The Kier molecular flexibility index (Phi) is 2.90. The van der Waals surface area contributed by atoms with Crippen molar-refractivity contribution in [2.45, 2.75) is 18.8 Å². The molecule has 4 heteroatoms. The van der Waals surface area contributed by atoms with E-state index in [9.17, 15) is 17.6 Å². The lowest BCUT2D eigenvalue weighted by Gasteiger charge is -2.10. The number of benzene rings is 1. The normalized spacial score (nSPS) is 14.2. The van der Waals surface area contributed by atoms with Crippen molar-refractivity contribution in [3.8, 4) is 0 Å². The molecular formula is C9H8F4. The van der Waals surface area contributed by atoms with Gasteiger partial charge in [-0.05, 0) is 5.56 Å². The first kappa shape index (κ1) is 10.0. The molecule has 1 aromatic rings. The first-order valence-electron chi connectivity index (χ1n) is 3.75. The van der Waals surface area contributed by atoms with E-state index in [-0.39, 0.29) is 5.56 Å². The van der Waals surface area contributed by atoms with E-state index in [4.69, 9.17) is 0 Å². The Morgan fingerprint density at radius 3 is 2.08 bits per heavy atom. The monoisotopic (exact) mass is 192 g/mol. The van der Waals surface area contributed by atoms with Gasteiger partial charge in [0.05, 0.1) is 6.42 Å². The largest absolute Gasteiger partial charge is 0.392 e. The minimum absolute atomic E-state index is 0.0693. The van der Waals surface area contributed by atoms with E-state index < -0.39 is 18.8 Å². The fraction of sp³-hybridized carbons (Fsp3) is 0.333. The average molecular weight is 192 g/mol. The topological polar surface area (TPSA) is 0 Å². The summed E-state index contributed by atoms with van der Waals surface area (Å²) in [5, 5.41) is 0. The Labute approximate surface area is 73.2 Å². The summed E-state index contributed by atoms with van der Waals surface area (Å²) in [5.74, 6) is 0. The summed E-state index contributed by atoms with van der Waals surface area (Å²) in [7, 11) is 0. The highest BCUT2D eigenvalue weighted by Crippen LogP contribution is 2.31. The second-order valence-electron chi connectivity index (χ2n) is 2.70. The van der Waals surface area contributed by atoms with Gasteiger partial charge < -0.3 is 0 Å². The molecule has 0 aliphatic heterocycles. The third-order valence-corrected chi connectivity index (χ3v) is 1.57. The molecule has 13 heavy (non-hydrogen) atoms. The first-order chi connectivity index (χ1) is 5.99. The number of hydrogen-bond acceptors (Lipinski definition) is 0. The van der Waals surface area contributed by atoms with E-state index in [1.54, 1.807) is 6.07 Å². The first-order valence-corrected chi connectivity index (χ1v) is 3.75. The molecule has 0 aliphatic carbocycles. The van der Waals surface area contributed by atoms with Gasteiger partial charge in [-0.3, -0.25) is 0 Å². The van der Waals surface area contributed by atoms with Gasteiger partial charge >= 0.3 is 6.18 Å². The van der Waals surface area contributed by atoms with Gasteiger partial charge in [0.1, 0.15) is 6.17 Å². The molecule has 72 valence electrons. The Bertz CT molecular complexity index is 252. The van der Waals surface area contributed by atoms with Crippen LogP contribution in [0.25, 0.3) is 0 Å². The Morgan fingerprint density at radius 1 is 1.08 bits per heavy atom. The van der Waals surface area contributed by atoms with Crippen LogP contribution in [-0.4, -0.2) is 6.18 Å². The zero-order valence-corrected chi connectivity index (χ0v) is 6.68. The van der Waals surface area contributed by atoms with Crippen molar-refractivity contribution < 1.29 is 17.6 Å². The molecule has 0 spiro atoms. The summed E-state index contributed by atoms with van der Waals surface area (Å²) in [6, 6.07) is 7.34. The van der Waals surface area contributed by atoms with Crippen LogP contribution < -0.4 is 0 Å². The minimum Gasteiger partial charge on any atom is -0.242 e. The molecule has 1 atom stereocenters. The van der Waals surface area contributed by atoms with E-state index in [2.05, 4.69) is 0 Å². The van der Waals surface area contributed by atoms with Crippen LogP contribution in [0, 0.1) is 0 Å². The molecule has 0 saturated heterocycles. The number of alkyl halides is 4. The predicted octanol–water partition coefficient (Wildman–Crippen LogP) is 3.65. The third-order valence-electron chi connectivity index (χ3n) is 1.57. The molecule has 0 amide bonds. The quantitative estimate of drug-likeness (QED) is 0.627.